The van der Waals surface area contributed by atoms with Gasteiger partial charge in [-0.05, 0) is 71.0 Å². The molecule has 4 aromatic carbocycles. The number of hydrogen-bond donors (Lipinski definition) is 1. The van der Waals surface area contributed by atoms with Crippen molar-refractivity contribution < 1.29 is 28.9 Å². The fourth-order valence-electron chi connectivity index (χ4n) is 4.75. The lowest BCUT2D eigenvalue weighted by atomic mass is 9.92. The monoisotopic (exact) mass is 515 g/mol. The second-order valence-electron chi connectivity index (χ2n) is 9.01. The van der Waals surface area contributed by atoms with E-state index in [9.17, 15) is 14.7 Å². The maximum atomic E-state index is 12.1. The fraction of sp³-hybridized carbons (Fsp3) is 0.290. The number of hydrogen-bond acceptors (Lipinski definition) is 7. The third-order valence-corrected chi connectivity index (χ3v) is 6.95. The summed E-state index contributed by atoms with van der Waals surface area (Å²) in [5.74, 6) is 0.0561. The van der Waals surface area contributed by atoms with Gasteiger partial charge in [-0.15, -0.1) is 0 Å². The van der Waals surface area contributed by atoms with Gasteiger partial charge in [0.05, 0.1) is 25.3 Å². The molecule has 1 N–H and O–H groups in total. The first-order chi connectivity index (χ1) is 18.4. The second kappa shape index (κ2) is 12.0. The zero-order chi connectivity index (χ0) is 27.2. The Morgan fingerprint density at radius 2 is 1.32 bits per heavy atom. The van der Waals surface area contributed by atoms with Gasteiger partial charge in [0.15, 0.2) is 0 Å². The molecule has 0 aliphatic rings. The molecule has 0 fully saturated rings. The largest absolute Gasteiger partial charge is 0.508 e. The van der Waals surface area contributed by atoms with Crippen LogP contribution in [0.5, 0.6) is 11.5 Å². The lowest BCUT2D eigenvalue weighted by molar-refractivity contribution is 0.0592. The minimum Gasteiger partial charge on any atom is -0.508 e. The van der Waals surface area contributed by atoms with E-state index in [2.05, 4.69) is 18.7 Å². The van der Waals surface area contributed by atoms with Crippen molar-refractivity contribution in [1.82, 2.24) is 4.90 Å². The molecule has 0 radical (unpaired) electrons. The molecule has 198 valence electrons. The minimum absolute atomic E-state index is 0.153. The van der Waals surface area contributed by atoms with Crippen molar-refractivity contribution in [1.29, 1.82) is 0 Å². The summed E-state index contributed by atoms with van der Waals surface area (Å²) >= 11 is 0. The molecule has 0 spiro atoms. The first kappa shape index (κ1) is 26.9. The Kier molecular flexibility index (Phi) is 8.48. The van der Waals surface area contributed by atoms with Crippen LogP contribution in [0.25, 0.3) is 21.5 Å². The molecule has 0 atom stereocenters. The Morgan fingerprint density at radius 1 is 0.763 bits per heavy atom. The van der Waals surface area contributed by atoms with Crippen LogP contribution in [0.3, 0.4) is 0 Å². The number of likely N-dealkylation sites (N-methyl/N-ethyl adjacent to an activating group) is 1. The van der Waals surface area contributed by atoms with Crippen molar-refractivity contribution in [2.75, 3.05) is 40.5 Å². The number of nitrogens with zero attached hydrogens (tertiary/aromatic N) is 1. The minimum atomic E-state index is -0.416. The molecule has 4 rings (SSSR count). The predicted octanol–water partition coefficient (Wildman–Crippen LogP) is 5.58. The standard InChI is InChI=1S/C31H33NO6/c1-5-32(6-2)15-16-38-29-14-10-21-18-23(31(35)37-4)8-12-25(21)27(29)19-26-24-11-7-22(30(34)36-3)17-20(24)9-13-28(26)33/h7-14,17-18,33H,5-6,15-16,19H2,1-4H3. The summed E-state index contributed by atoms with van der Waals surface area (Å²) in [5.41, 5.74) is 2.53. The lowest BCUT2D eigenvalue weighted by Crippen LogP contribution is -2.28. The van der Waals surface area contributed by atoms with Crippen molar-refractivity contribution >= 4 is 33.5 Å². The fourth-order valence-corrected chi connectivity index (χ4v) is 4.75. The van der Waals surface area contributed by atoms with Crippen molar-refractivity contribution in [3.8, 4) is 11.5 Å². The SMILES string of the molecule is CCN(CC)CCOc1ccc2cc(C(=O)OC)ccc2c1Cc1c(O)ccc2cc(C(=O)OC)ccc12. The zero-order valence-electron chi connectivity index (χ0n) is 22.2. The number of rotatable bonds is 10. The number of carbonyl (C=O) groups is 2. The highest BCUT2D eigenvalue weighted by Crippen LogP contribution is 2.36. The van der Waals surface area contributed by atoms with Gasteiger partial charge in [0, 0.05) is 24.1 Å². The van der Waals surface area contributed by atoms with Crippen LogP contribution in [0.4, 0.5) is 0 Å². The zero-order valence-corrected chi connectivity index (χ0v) is 22.2. The summed E-state index contributed by atoms with van der Waals surface area (Å²) < 4.78 is 16.0. The summed E-state index contributed by atoms with van der Waals surface area (Å²) in [6, 6.07) is 18.0. The second-order valence-corrected chi connectivity index (χ2v) is 9.01. The van der Waals surface area contributed by atoms with Crippen LogP contribution in [-0.4, -0.2) is 62.4 Å². The quantitative estimate of drug-likeness (QED) is 0.276. The van der Waals surface area contributed by atoms with E-state index in [4.69, 9.17) is 14.2 Å². The third-order valence-electron chi connectivity index (χ3n) is 6.95. The molecule has 0 unspecified atom stereocenters. The van der Waals surface area contributed by atoms with Gasteiger partial charge in [-0.2, -0.15) is 0 Å². The number of benzene rings is 4. The van der Waals surface area contributed by atoms with Gasteiger partial charge in [-0.1, -0.05) is 38.1 Å². The molecule has 0 saturated heterocycles. The van der Waals surface area contributed by atoms with Crippen LogP contribution in [-0.2, 0) is 15.9 Å². The first-order valence-electron chi connectivity index (χ1n) is 12.7. The van der Waals surface area contributed by atoms with E-state index in [0.29, 0.717) is 24.2 Å². The highest BCUT2D eigenvalue weighted by molar-refractivity contribution is 5.99. The molecule has 0 heterocycles. The van der Waals surface area contributed by atoms with Crippen LogP contribution >= 0.6 is 0 Å². The summed E-state index contributed by atoms with van der Waals surface area (Å²) in [6.07, 6.45) is 0.385. The van der Waals surface area contributed by atoms with Gasteiger partial charge < -0.3 is 24.2 Å². The molecule has 7 nitrogen and oxygen atoms in total. The molecule has 4 aromatic rings. The molecular formula is C31H33NO6. The van der Waals surface area contributed by atoms with E-state index in [-0.39, 0.29) is 5.75 Å². The number of phenolic OH excluding ortho intramolecular Hbond substituents is 1. The van der Waals surface area contributed by atoms with E-state index in [1.807, 2.05) is 24.3 Å². The van der Waals surface area contributed by atoms with Crippen molar-refractivity contribution in [2.24, 2.45) is 0 Å². The Labute approximate surface area is 222 Å². The van der Waals surface area contributed by atoms with Crippen molar-refractivity contribution in [3.63, 3.8) is 0 Å². The average molecular weight is 516 g/mol. The third kappa shape index (κ3) is 5.58. The number of aromatic hydroxyl groups is 1. The predicted molar refractivity (Wildman–Crippen MR) is 148 cm³/mol. The van der Waals surface area contributed by atoms with Gasteiger partial charge in [0.2, 0.25) is 0 Å². The number of esters is 2. The molecule has 0 aliphatic carbocycles. The molecule has 7 heteroatoms. The Bertz CT molecular complexity index is 1470. The van der Waals surface area contributed by atoms with Gasteiger partial charge in [-0.25, -0.2) is 9.59 Å². The van der Waals surface area contributed by atoms with Crippen LogP contribution < -0.4 is 4.74 Å². The number of ether oxygens (including phenoxy) is 3. The topological polar surface area (TPSA) is 85.3 Å². The van der Waals surface area contributed by atoms with E-state index >= 15 is 0 Å². The smallest absolute Gasteiger partial charge is 0.337 e. The Morgan fingerprint density at radius 3 is 1.87 bits per heavy atom. The van der Waals surface area contributed by atoms with E-state index in [0.717, 1.165) is 58.1 Å². The molecule has 0 aromatic heterocycles. The van der Waals surface area contributed by atoms with Gasteiger partial charge in [0.1, 0.15) is 18.1 Å². The van der Waals surface area contributed by atoms with Crippen LogP contribution in [0.2, 0.25) is 0 Å². The van der Waals surface area contributed by atoms with Crippen LogP contribution in [0, 0.1) is 0 Å². The Balaban J connectivity index is 1.81. The summed E-state index contributed by atoms with van der Waals surface area (Å²) in [6.45, 7) is 7.44. The van der Waals surface area contributed by atoms with Gasteiger partial charge in [0.25, 0.3) is 0 Å². The molecular weight excluding hydrogens is 482 g/mol. The number of methoxy groups -OCH3 is 2. The number of fused-ring (bicyclic) bond motifs is 2. The first-order valence-corrected chi connectivity index (χ1v) is 12.7. The lowest BCUT2D eigenvalue weighted by Gasteiger charge is -2.20. The summed E-state index contributed by atoms with van der Waals surface area (Å²) in [7, 11) is 2.71. The van der Waals surface area contributed by atoms with Crippen molar-refractivity contribution in [3.05, 3.63) is 82.9 Å². The molecule has 0 aliphatic heterocycles. The maximum Gasteiger partial charge on any atom is 0.337 e. The normalized spacial score (nSPS) is 11.2. The highest BCUT2D eigenvalue weighted by Gasteiger charge is 2.17. The number of carbonyl (C=O) groups excluding carboxylic acids is 2. The van der Waals surface area contributed by atoms with E-state index in [1.165, 1.54) is 14.2 Å². The summed E-state index contributed by atoms with van der Waals surface area (Å²) in [5, 5.41) is 14.3. The molecule has 38 heavy (non-hydrogen) atoms. The number of phenols is 1. The van der Waals surface area contributed by atoms with E-state index < -0.39 is 11.9 Å². The average Bonchev–Trinajstić information content (AvgIpc) is 2.95. The van der Waals surface area contributed by atoms with Gasteiger partial charge >= 0.3 is 11.9 Å². The maximum absolute atomic E-state index is 12.1. The Hall–Kier alpha value is -4.10. The molecule has 0 amide bonds. The van der Waals surface area contributed by atoms with E-state index in [1.54, 1.807) is 36.4 Å². The highest BCUT2D eigenvalue weighted by atomic mass is 16.5. The van der Waals surface area contributed by atoms with Gasteiger partial charge in [-0.3, -0.25) is 0 Å². The van der Waals surface area contributed by atoms with Crippen molar-refractivity contribution in [2.45, 2.75) is 20.3 Å². The summed E-state index contributed by atoms with van der Waals surface area (Å²) in [4.78, 5) is 26.5. The van der Waals surface area contributed by atoms with Crippen LogP contribution in [0.1, 0.15) is 45.7 Å². The molecule has 0 bridgehead atoms. The molecule has 0 saturated carbocycles. The van der Waals surface area contributed by atoms with Crippen LogP contribution in [0.15, 0.2) is 60.7 Å².